The molecule has 5 nitrogen and oxygen atoms in total. The van der Waals surface area contributed by atoms with Crippen molar-refractivity contribution < 1.29 is 9.21 Å². The van der Waals surface area contributed by atoms with Crippen molar-refractivity contribution in [2.24, 2.45) is 0 Å². The highest BCUT2D eigenvalue weighted by molar-refractivity contribution is 5.74. The van der Waals surface area contributed by atoms with Crippen molar-refractivity contribution in [2.75, 3.05) is 26.2 Å². The third kappa shape index (κ3) is 5.42. The van der Waals surface area contributed by atoms with Gasteiger partial charge < -0.3 is 20.0 Å². The maximum absolute atomic E-state index is 11.8. The number of furan rings is 1. The summed E-state index contributed by atoms with van der Waals surface area (Å²) in [5, 5.41) is 5.79. The van der Waals surface area contributed by atoms with Gasteiger partial charge in [-0.05, 0) is 71.3 Å². The molecule has 1 aliphatic heterocycles. The highest BCUT2D eigenvalue weighted by Gasteiger charge is 2.12. The van der Waals surface area contributed by atoms with Gasteiger partial charge in [-0.25, -0.2) is 4.79 Å². The number of nitrogens with zero attached hydrogens (tertiary/aromatic N) is 1. The molecule has 118 valence electrons. The molecule has 0 aliphatic carbocycles. The summed E-state index contributed by atoms with van der Waals surface area (Å²) in [6.07, 6.45) is 4.85. The van der Waals surface area contributed by atoms with Gasteiger partial charge in [0.2, 0.25) is 0 Å². The van der Waals surface area contributed by atoms with Crippen LogP contribution in [-0.2, 0) is 0 Å². The second-order valence-corrected chi connectivity index (χ2v) is 5.83. The molecule has 5 heteroatoms. The van der Waals surface area contributed by atoms with Crippen LogP contribution in [0.15, 0.2) is 16.5 Å². The van der Waals surface area contributed by atoms with E-state index < -0.39 is 0 Å². The standard InChI is InChI=1S/C16H27N3O2/c1-13-7-8-15(21-13)14(2)18-16(20)17-9-3-4-10-19-11-5-6-12-19/h7-8,14H,3-6,9-12H2,1-2H3,(H2,17,18,20). The van der Waals surface area contributed by atoms with E-state index in [4.69, 9.17) is 4.42 Å². The van der Waals surface area contributed by atoms with Crippen molar-refractivity contribution in [1.29, 1.82) is 0 Å². The monoisotopic (exact) mass is 293 g/mol. The Hall–Kier alpha value is -1.49. The normalized spacial score (nSPS) is 16.9. The second-order valence-electron chi connectivity index (χ2n) is 5.83. The van der Waals surface area contributed by atoms with Crippen LogP contribution in [0.4, 0.5) is 4.79 Å². The maximum atomic E-state index is 11.8. The molecule has 1 saturated heterocycles. The maximum Gasteiger partial charge on any atom is 0.315 e. The smallest absolute Gasteiger partial charge is 0.315 e. The zero-order chi connectivity index (χ0) is 15.1. The molecule has 2 N–H and O–H groups in total. The van der Waals surface area contributed by atoms with Gasteiger partial charge in [-0.2, -0.15) is 0 Å². The number of carbonyl (C=O) groups is 1. The van der Waals surface area contributed by atoms with Crippen LogP contribution in [0, 0.1) is 6.92 Å². The quantitative estimate of drug-likeness (QED) is 0.760. The first-order chi connectivity index (χ1) is 10.1. The van der Waals surface area contributed by atoms with E-state index in [2.05, 4.69) is 15.5 Å². The number of likely N-dealkylation sites (tertiary alicyclic amines) is 1. The minimum atomic E-state index is -0.127. The summed E-state index contributed by atoms with van der Waals surface area (Å²) in [6, 6.07) is 3.57. The van der Waals surface area contributed by atoms with E-state index in [0.717, 1.165) is 37.5 Å². The number of unbranched alkanes of at least 4 members (excludes halogenated alkanes) is 1. The Morgan fingerprint density at radius 2 is 2.10 bits per heavy atom. The molecule has 0 bridgehead atoms. The molecule has 2 rings (SSSR count). The summed E-state index contributed by atoms with van der Waals surface area (Å²) in [4.78, 5) is 14.3. The SMILES string of the molecule is Cc1ccc(C(C)NC(=O)NCCCCN2CCCC2)o1. The van der Waals surface area contributed by atoms with Crippen LogP contribution in [0.25, 0.3) is 0 Å². The highest BCUT2D eigenvalue weighted by Crippen LogP contribution is 2.15. The first-order valence-corrected chi connectivity index (χ1v) is 7.98. The lowest BCUT2D eigenvalue weighted by Gasteiger charge is -2.15. The molecule has 21 heavy (non-hydrogen) atoms. The van der Waals surface area contributed by atoms with Crippen LogP contribution in [0.3, 0.4) is 0 Å². The minimum absolute atomic E-state index is 0.108. The van der Waals surface area contributed by atoms with Crippen molar-refractivity contribution in [1.82, 2.24) is 15.5 Å². The lowest BCUT2D eigenvalue weighted by Crippen LogP contribution is -2.37. The van der Waals surface area contributed by atoms with Crippen molar-refractivity contribution >= 4 is 6.03 Å². The summed E-state index contributed by atoms with van der Waals surface area (Å²) in [7, 11) is 0. The summed E-state index contributed by atoms with van der Waals surface area (Å²) in [5.41, 5.74) is 0. The lowest BCUT2D eigenvalue weighted by molar-refractivity contribution is 0.235. The Bertz CT molecular complexity index is 438. The Kier molecular flexibility index (Phi) is 6.11. The topological polar surface area (TPSA) is 57.5 Å². The van der Waals surface area contributed by atoms with E-state index in [1.165, 1.54) is 25.9 Å². The third-order valence-electron chi connectivity index (χ3n) is 3.92. The van der Waals surface area contributed by atoms with Crippen LogP contribution in [0.5, 0.6) is 0 Å². The average molecular weight is 293 g/mol. The number of rotatable bonds is 7. The number of hydrogen-bond donors (Lipinski definition) is 2. The number of hydrogen-bond acceptors (Lipinski definition) is 3. The molecule has 1 atom stereocenters. The van der Waals surface area contributed by atoms with E-state index in [9.17, 15) is 4.79 Å². The van der Waals surface area contributed by atoms with E-state index in [0.29, 0.717) is 0 Å². The molecule has 1 aromatic rings. The van der Waals surface area contributed by atoms with E-state index in [1.807, 2.05) is 26.0 Å². The van der Waals surface area contributed by atoms with E-state index in [-0.39, 0.29) is 12.1 Å². The van der Waals surface area contributed by atoms with Crippen LogP contribution in [0.2, 0.25) is 0 Å². The van der Waals surface area contributed by atoms with Gasteiger partial charge >= 0.3 is 6.03 Å². The second kappa shape index (κ2) is 8.08. The van der Waals surface area contributed by atoms with Gasteiger partial charge in [-0.1, -0.05) is 0 Å². The number of carbonyl (C=O) groups excluding carboxylic acids is 1. The molecule has 1 fully saturated rings. The minimum Gasteiger partial charge on any atom is -0.464 e. The largest absolute Gasteiger partial charge is 0.464 e. The van der Waals surface area contributed by atoms with Gasteiger partial charge in [0.25, 0.3) is 0 Å². The molecule has 1 aromatic heterocycles. The Labute approximate surface area is 127 Å². The Balaban J connectivity index is 1.54. The predicted octanol–water partition coefficient (Wildman–Crippen LogP) is 2.82. The fraction of sp³-hybridized carbons (Fsp3) is 0.688. The van der Waals surface area contributed by atoms with Gasteiger partial charge in [0.15, 0.2) is 0 Å². The Morgan fingerprint density at radius 1 is 1.33 bits per heavy atom. The number of nitrogens with one attached hydrogen (secondary N) is 2. The number of amides is 2. The van der Waals surface area contributed by atoms with Gasteiger partial charge in [-0.3, -0.25) is 0 Å². The molecule has 1 unspecified atom stereocenters. The van der Waals surface area contributed by atoms with Gasteiger partial charge in [0, 0.05) is 6.54 Å². The molecular formula is C16H27N3O2. The molecule has 0 spiro atoms. The fourth-order valence-electron chi connectivity index (χ4n) is 2.67. The molecule has 2 heterocycles. The van der Waals surface area contributed by atoms with Crippen LogP contribution < -0.4 is 10.6 Å². The molecular weight excluding hydrogens is 266 g/mol. The first kappa shape index (κ1) is 15.9. The molecule has 0 saturated carbocycles. The van der Waals surface area contributed by atoms with E-state index in [1.54, 1.807) is 0 Å². The summed E-state index contributed by atoms with van der Waals surface area (Å²) in [5.74, 6) is 1.65. The molecule has 0 aromatic carbocycles. The molecule has 2 amide bonds. The first-order valence-electron chi connectivity index (χ1n) is 7.98. The third-order valence-corrected chi connectivity index (χ3v) is 3.92. The van der Waals surface area contributed by atoms with Gasteiger partial charge in [0.05, 0.1) is 6.04 Å². The van der Waals surface area contributed by atoms with Gasteiger partial charge in [-0.15, -0.1) is 0 Å². The van der Waals surface area contributed by atoms with Crippen molar-refractivity contribution in [3.05, 3.63) is 23.7 Å². The molecule has 1 aliphatic rings. The van der Waals surface area contributed by atoms with Crippen LogP contribution in [0.1, 0.15) is 50.2 Å². The zero-order valence-electron chi connectivity index (χ0n) is 13.2. The molecule has 0 radical (unpaired) electrons. The van der Waals surface area contributed by atoms with Gasteiger partial charge in [0.1, 0.15) is 11.5 Å². The van der Waals surface area contributed by atoms with Crippen molar-refractivity contribution in [2.45, 2.75) is 45.6 Å². The summed E-state index contributed by atoms with van der Waals surface area (Å²) >= 11 is 0. The summed E-state index contributed by atoms with van der Waals surface area (Å²) in [6.45, 7) is 8.19. The zero-order valence-corrected chi connectivity index (χ0v) is 13.2. The van der Waals surface area contributed by atoms with Crippen molar-refractivity contribution in [3.63, 3.8) is 0 Å². The van der Waals surface area contributed by atoms with Crippen LogP contribution in [-0.4, -0.2) is 37.1 Å². The summed E-state index contributed by atoms with van der Waals surface area (Å²) < 4.78 is 5.50. The number of aryl methyl sites for hydroxylation is 1. The van der Waals surface area contributed by atoms with Crippen molar-refractivity contribution in [3.8, 4) is 0 Å². The van der Waals surface area contributed by atoms with E-state index >= 15 is 0 Å². The van der Waals surface area contributed by atoms with Crippen LogP contribution >= 0.6 is 0 Å². The highest BCUT2D eigenvalue weighted by atomic mass is 16.3. The predicted molar refractivity (Wildman–Crippen MR) is 83.3 cm³/mol. The Morgan fingerprint density at radius 3 is 2.76 bits per heavy atom. The lowest BCUT2D eigenvalue weighted by atomic mass is 10.2. The fourth-order valence-corrected chi connectivity index (χ4v) is 2.67. The number of urea groups is 1. The average Bonchev–Trinajstić information content (AvgIpc) is 3.09.